The van der Waals surface area contributed by atoms with Crippen LogP contribution in [0.4, 0.5) is 18.9 Å². The molecular weight excluding hydrogens is 445 g/mol. The fourth-order valence-electron chi connectivity index (χ4n) is 3.20. The number of hydrogen-bond donors (Lipinski definition) is 4. The molecule has 7 nitrogen and oxygen atoms in total. The zero-order valence-corrected chi connectivity index (χ0v) is 18.5. The third-order valence-corrected chi connectivity index (χ3v) is 5.53. The molecule has 0 spiro atoms. The van der Waals surface area contributed by atoms with E-state index in [9.17, 15) is 18.0 Å². The molecule has 1 amide bonds. The summed E-state index contributed by atoms with van der Waals surface area (Å²) in [7, 11) is 0. The Morgan fingerprint density at radius 2 is 2.00 bits per heavy atom. The van der Waals surface area contributed by atoms with Crippen LogP contribution in [0.15, 0.2) is 30.7 Å². The molecule has 172 valence electrons. The summed E-state index contributed by atoms with van der Waals surface area (Å²) in [5.74, 6) is -0.838. The third-order valence-electron chi connectivity index (χ3n) is 5.32. The van der Waals surface area contributed by atoms with E-state index in [1.807, 2.05) is 5.32 Å². The molecule has 0 saturated heterocycles. The molecule has 3 aromatic heterocycles. The summed E-state index contributed by atoms with van der Waals surface area (Å²) in [4.78, 5) is 24.4. The molecule has 11 heteroatoms. The molecule has 0 unspecified atom stereocenters. The Bertz CT molecular complexity index is 1130. The summed E-state index contributed by atoms with van der Waals surface area (Å²) >= 11 is 6.08. The zero-order chi connectivity index (χ0) is 23.7. The molecule has 0 aliphatic heterocycles. The molecule has 0 bridgehead atoms. The van der Waals surface area contributed by atoms with Crippen molar-refractivity contribution in [2.75, 3.05) is 11.9 Å². The van der Waals surface area contributed by atoms with E-state index in [-0.39, 0.29) is 0 Å². The maximum atomic E-state index is 12.6. The zero-order valence-electron chi connectivity index (χ0n) is 17.8. The van der Waals surface area contributed by atoms with Crippen molar-refractivity contribution in [1.29, 1.82) is 0 Å². The SMILES string of the molecule is CC[C@@](C)(N)[C@H](Nc1cc(-c2c[nH]c3ncc(Cl)cc23)ncc1C)C(=O)NCC(F)(F)F. The maximum Gasteiger partial charge on any atom is 0.405 e. The Morgan fingerprint density at radius 1 is 1.28 bits per heavy atom. The van der Waals surface area contributed by atoms with Gasteiger partial charge in [0, 0.05) is 40.8 Å². The topological polar surface area (TPSA) is 109 Å². The van der Waals surface area contributed by atoms with Gasteiger partial charge in [-0.1, -0.05) is 18.5 Å². The van der Waals surface area contributed by atoms with Gasteiger partial charge in [-0.3, -0.25) is 9.78 Å². The molecule has 0 fully saturated rings. The number of nitrogens with zero attached hydrogens (tertiary/aromatic N) is 2. The van der Waals surface area contributed by atoms with Crippen LogP contribution in [0.3, 0.4) is 0 Å². The first-order chi connectivity index (χ1) is 14.9. The monoisotopic (exact) mass is 468 g/mol. The lowest BCUT2D eigenvalue weighted by molar-refractivity contribution is -0.139. The quantitative estimate of drug-likeness (QED) is 0.416. The van der Waals surface area contributed by atoms with Crippen LogP contribution in [0.25, 0.3) is 22.3 Å². The first-order valence-corrected chi connectivity index (χ1v) is 10.3. The first kappa shape index (κ1) is 23.8. The average Bonchev–Trinajstić information content (AvgIpc) is 3.13. The highest BCUT2D eigenvalue weighted by Crippen LogP contribution is 2.31. The Hall–Kier alpha value is -2.85. The molecule has 3 rings (SSSR count). The number of aromatic nitrogens is 3. The van der Waals surface area contributed by atoms with Crippen LogP contribution in [0.2, 0.25) is 5.02 Å². The minimum Gasteiger partial charge on any atom is -0.372 e. The van der Waals surface area contributed by atoms with Crippen molar-refractivity contribution < 1.29 is 18.0 Å². The number of pyridine rings is 2. The van der Waals surface area contributed by atoms with E-state index in [2.05, 4.69) is 20.3 Å². The van der Waals surface area contributed by atoms with Crippen LogP contribution < -0.4 is 16.4 Å². The van der Waals surface area contributed by atoms with Gasteiger partial charge >= 0.3 is 6.18 Å². The largest absolute Gasteiger partial charge is 0.405 e. The summed E-state index contributed by atoms with van der Waals surface area (Å²) in [5.41, 5.74) is 8.33. The highest BCUT2D eigenvalue weighted by atomic mass is 35.5. The molecule has 2 atom stereocenters. The van der Waals surface area contributed by atoms with Crippen LogP contribution >= 0.6 is 11.6 Å². The lowest BCUT2D eigenvalue weighted by Crippen LogP contribution is -2.59. The minimum atomic E-state index is -4.53. The predicted octanol–water partition coefficient (Wildman–Crippen LogP) is 4.17. The second kappa shape index (κ2) is 8.95. The van der Waals surface area contributed by atoms with Crippen LogP contribution in [-0.4, -0.2) is 45.2 Å². The number of alkyl halides is 3. The van der Waals surface area contributed by atoms with Gasteiger partial charge < -0.3 is 21.4 Å². The van der Waals surface area contributed by atoms with E-state index < -0.39 is 30.2 Å². The number of aryl methyl sites for hydroxylation is 1. The van der Waals surface area contributed by atoms with Crippen LogP contribution in [0.5, 0.6) is 0 Å². The van der Waals surface area contributed by atoms with Gasteiger partial charge in [-0.05, 0) is 38.0 Å². The molecule has 0 aromatic carbocycles. The Balaban J connectivity index is 1.96. The highest BCUT2D eigenvalue weighted by molar-refractivity contribution is 6.31. The first-order valence-electron chi connectivity index (χ1n) is 9.91. The molecule has 3 aromatic rings. The summed E-state index contributed by atoms with van der Waals surface area (Å²) in [5, 5.41) is 6.19. The third kappa shape index (κ3) is 5.31. The van der Waals surface area contributed by atoms with Crippen molar-refractivity contribution in [3.8, 4) is 11.3 Å². The molecular formula is C21H24ClF3N6O. The number of rotatable bonds is 7. The fraction of sp³-hybridized carbons (Fsp3) is 0.381. The molecule has 0 aliphatic rings. The highest BCUT2D eigenvalue weighted by Gasteiger charge is 2.37. The number of nitrogens with two attached hydrogens (primary N) is 1. The van der Waals surface area contributed by atoms with Crippen LogP contribution in [0, 0.1) is 6.92 Å². The number of hydrogen-bond acceptors (Lipinski definition) is 5. The lowest BCUT2D eigenvalue weighted by atomic mass is 9.89. The van der Waals surface area contributed by atoms with Gasteiger partial charge in [0.1, 0.15) is 18.2 Å². The van der Waals surface area contributed by atoms with Gasteiger partial charge in [0.05, 0.1) is 10.7 Å². The summed E-state index contributed by atoms with van der Waals surface area (Å²) in [6.45, 7) is 3.71. The number of fused-ring (bicyclic) bond motifs is 1. The number of amides is 1. The van der Waals surface area contributed by atoms with E-state index >= 15 is 0 Å². The van der Waals surface area contributed by atoms with E-state index in [1.54, 1.807) is 45.3 Å². The Labute approximate surface area is 188 Å². The normalized spacial score (nSPS) is 14.8. The van der Waals surface area contributed by atoms with E-state index in [0.29, 0.717) is 34.0 Å². The second-order valence-corrected chi connectivity index (χ2v) is 8.34. The average molecular weight is 469 g/mol. The number of H-pyrrole nitrogens is 1. The Morgan fingerprint density at radius 3 is 2.66 bits per heavy atom. The molecule has 5 N–H and O–H groups in total. The second-order valence-electron chi connectivity index (χ2n) is 7.91. The maximum absolute atomic E-state index is 12.6. The van der Waals surface area contributed by atoms with Crippen molar-refractivity contribution in [3.63, 3.8) is 0 Å². The van der Waals surface area contributed by atoms with Crippen molar-refractivity contribution in [3.05, 3.63) is 41.3 Å². The van der Waals surface area contributed by atoms with E-state index in [1.165, 1.54) is 6.20 Å². The lowest BCUT2D eigenvalue weighted by Gasteiger charge is -2.34. The van der Waals surface area contributed by atoms with Gasteiger partial charge in [-0.15, -0.1) is 0 Å². The fourth-order valence-corrected chi connectivity index (χ4v) is 3.35. The van der Waals surface area contributed by atoms with E-state index in [4.69, 9.17) is 17.3 Å². The van der Waals surface area contributed by atoms with Crippen molar-refractivity contribution >= 4 is 34.2 Å². The standard InChI is InChI=1S/C21H24ClF3N6O/c1-4-20(3,26)17(19(32)30-10-21(23,24)25)31-15-6-16(27-7-11(15)2)14-9-29-18-13(14)5-12(22)8-28-18/h5-9,17H,4,10,26H2,1-3H3,(H,27,31)(H,28,29)(H,30,32)/t17-,20-/m1/s1. The van der Waals surface area contributed by atoms with Gasteiger partial charge in [0.25, 0.3) is 0 Å². The number of halogens is 4. The summed E-state index contributed by atoms with van der Waals surface area (Å²) in [6, 6.07) is 2.36. The van der Waals surface area contributed by atoms with Crippen LogP contribution in [0.1, 0.15) is 25.8 Å². The van der Waals surface area contributed by atoms with Gasteiger partial charge in [-0.25, -0.2) is 4.98 Å². The smallest absolute Gasteiger partial charge is 0.372 e. The number of carbonyl (C=O) groups is 1. The summed E-state index contributed by atoms with van der Waals surface area (Å²) < 4.78 is 37.9. The number of nitrogens with one attached hydrogen (secondary N) is 3. The molecule has 0 radical (unpaired) electrons. The van der Waals surface area contributed by atoms with Crippen molar-refractivity contribution in [2.24, 2.45) is 5.73 Å². The molecule has 32 heavy (non-hydrogen) atoms. The van der Waals surface area contributed by atoms with Gasteiger partial charge in [-0.2, -0.15) is 13.2 Å². The predicted molar refractivity (Wildman–Crippen MR) is 118 cm³/mol. The van der Waals surface area contributed by atoms with Gasteiger partial charge in [0.2, 0.25) is 5.91 Å². The number of carbonyl (C=O) groups excluding carboxylic acids is 1. The minimum absolute atomic E-state index is 0.355. The van der Waals surface area contributed by atoms with E-state index in [0.717, 1.165) is 10.9 Å². The van der Waals surface area contributed by atoms with Crippen molar-refractivity contribution in [2.45, 2.75) is 44.9 Å². The Kier molecular flexibility index (Phi) is 6.66. The number of aromatic amines is 1. The molecule has 0 aliphatic carbocycles. The number of anilines is 1. The molecule has 3 heterocycles. The van der Waals surface area contributed by atoms with Gasteiger partial charge in [0.15, 0.2) is 0 Å². The van der Waals surface area contributed by atoms with Crippen molar-refractivity contribution in [1.82, 2.24) is 20.3 Å². The molecule has 0 saturated carbocycles. The summed E-state index contributed by atoms with van der Waals surface area (Å²) in [6.07, 6.45) is 0.702. The van der Waals surface area contributed by atoms with Crippen LogP contribution in [-0.2, 0) is 4.79 Å².